The minimum Gasteiger partial charge on any atom is -0.384 e. The maximum Gasteiger partial charge on any atom is 0.153 e. The molecule has 0 aliphatic carbocycles. The van der Waals surface area contributed by atoms with Crippen molar-refractivity contribution in [2.45, 2.75) is 19.4 Å². The van der Waals surface area contributed by atoms with Gasteiger partial charge in [-0.15, -0.1) is 5.10 Å². The second-order valence-electron chi connectivity index (χ2n) is 4.03. The highest BCUT2D eigenvalue weighted by molar-refractivity contribution is 9.10. The fourth-order valence-corrected chi connectivity index (χ4v) is 2.43. The van der Waals surface area contributed by atoms with E-state index in [2.05, 4.69) is 38.5 Å². The van der Waals surface area contributed by atoms with E-state index in [4.69, 9.17) is 4.74 Å². The first-order chi connectivity index (χ1) is 7.60. The van der Waals surface area contributed by atoms with Crippen LogP contribution in [0.2, 0.25) is 0 Å². The van der Waals surface area contributed by atoms with Gasteiger partial charge in [0.05, 0.1) is 11.7 Å². The Morgan fingerprint density at radius 3 is 2.69 bits per heavy atom. The highest BCUT2D eigenvalue weighted by atomic mass is 79.9. The molecule has 0 spiro atoms. The van der Waals surface area contributed by atoms with E-state index in [1.165, 1.54) is 0 Å². The molecule has 1 rings (SSSR count). The predicted molar refractivity (Wildman–Crippen MR) is 66.2 cm³/mol. The second-order valence-corrected chi connectivity index (χ2v) is 4.78. The number of aromatic nitrogens is 3. The summed E-state index contributed by atoms with van der Waals surface area (Å²) in [6.45, 7) is 2.94. The highest BCUT2D eigenvalue weighted by Crippen LogP contribution is 2.25. The van der Waals surface area contributed by atoms with Gasteiger partial charge < -0.3 is 10.1 Å². The number of hydrogen-bond acceptors (Lipinski definition) is 4. The average molecular weight is 291 g/mol. The first kappa shape index (κ1) is 13.6. The SMILES string of the molecule is CNC(CC(C)COC)c1c(Br)nnn1C. The number of methoxy groups -OCH3 is 1. The van der Waals surface area contributed by atoms with Gasteiger partial charge in [0, 0.05) is 20.8 Å². The lowest BCUT2D eigenvalue weighted by molar-refractivity contribution is 0.149. The topological polar surface area (TPSA) is 52.0 Å². The van der Waals surface area contributed by atoms with Crippen LogP contribution in [-0.4, -0.2) is 35.8 Å². The molecule has 0 saturated carbocycles. The maximum absolute atomic E-state index is 5.15. The molecule has 0 aliphatic heterocycles. The summed E-state index contributed by atoms with van der Waals surface area (Å²) in [6, 6.07) is 0.236. The average Bonchev–Trinajstić information content (AvgIpc) is 2.56. The summed E-state index contributed by atoms with van der Waals surface area (Å²) in [5.41, 5.74) is 1.07. The summed E-state index contributed by atoms with van der Waals surface area (Å²) in [5, 5.41) is 11.3. The molecule has 0 radical (unpaired) electrons. The lowest BCUT2D eigenvalue weighted by atomic mass is 10.0. The molecule has 0 aromatic carbocycles. The lowest BCUT2D eigenvalue weighted by Gasteiger charge is -2.20. The van der Waals surface area contributed by atoms with Crippen LogP contribution in [0.25, 0.3) is 0 Å². The Morgan fingerprint density at radius 1 is 1.56 bits per heavy atom. The van der Waals surface area contributed by atoms with Gasteiger partial charge in [-0.1, -0.05) is 12.1 Å². The zero-order valence-corrected chi connectivity index (χ0v) is 11.8. The number of halogens is 1. The molecule has 1 heterocycles. The first-order valence-electron chi connectivity index (χ1n) is 5.31. The largest absolute Gasteiger partial charge is 0.384 e. The van der Waals surface area contributed by atoms with E-state index in [1.54, 1.807) is 11.8 Å². The summed E-state index contributed by atoms with van der Waals surface area (Å²) in [4.78, 5) is 0. The first-order valence-corrected chi connectivity index (χ1v) is 6.10. The third-order valence-corrected chi connectivity index (χ3v) is 3.16. The Hall–Kier alpha value is -0.460. The molecule has 92 valence electrons. The van der Waals surface area contributed by atoms with Crippen molar-refractivity contribution in [1.29, 1.82) is 0 Å². The molecule has 0 amide bonds. The summed E-state index contributed by atoms with van der Waals surface area (Å²) in [6.07, 6.45) is 0.990. The third kappa shape index (κ3) is 3.26. The van der Waals surface area contributed by atoms with Gasteiger partial charge in [-0.25, -0.2) is 4.68 Å². The van der Waals surface area contributed by atoms with Crippen LogP contribution in [0.1, 0.15) is 25.1 Å². The molecule has 5 nitrogen and oxygen atoms in total. The number of nitrogens with one attached hydrogen (secondary N) is 1. The number of rotatable bonds is 6. The minimum absolute atomic E-state index is 0.236. The predicted octanol–water partition coefficient (Wildman–Crippen LogP) is 1.51. The molecule has 0 saturated heterocycles. The fraction of sp³-hybridized carbons (Fsp3) is 0.800. The van der Waals surface area contributed by atoms with Crippen LogP contribution in [0.3, 0.4) is 0 Å². The van der Waals surface area contributed by atoms with E-state index in [0.29, 0.717) is 5.92 Å². The quantitative estimate of drug-likeness (QED) is 0.863. The second kappa shape index (κ2) is 6.32. The van der Waals surface area contributed by atoms with Crippen LogP contribution in [0.15, 0.2) is 4.60 Å². The molecule has 1 aromatic rings. The van der Waals surface area contributed by atoms with Crippen LogP contribution >= 0.6 is 15.9 Å². The van der Waals surface area contributed by atoms with Gasteiger partial charge in [0.25, 0.3) is 0 Å². The molecule has 0 aliphatic rings. The molecular weight excluding hydrogens is 272 g/mol. The van der Waals surface area contributed by atoms with Crippen molar-refractivity contribution in [3.63, 3.8) is 0 Å². The van der Waals surface area contributed by atoms with E-state index >= 15 is 0 Å². The van der Waals surface area contributed by atoms with Crippen LogP contribution in [0.4, 0.5) is 0 Å². The molecule has 16 heavy (non-hydrogen) atoms. The summed E-state index contributed by atoms with van der Waals surface area (Å²) in [5.74, 6) is 0.490. The van der Waals surface area contributed by atoms with Gasteiger partial charge >= 0.3 is 0 Å². The number of nitrogens with zero attached hydrogens (tertiary/aromatic N) is 3. The number of hydrogen-bond donors (Lipinski definition) is 1. The van der Waals surface area contributed by atoms with Crippen molar-refractivity contribution in [2.24, 2.45) is 13.0 Å². The van der Waals surface area contributed by atoms with Gasteiger partial charge in [-0.3, -0.25) is 0 Å². The molecule has 6 heteroatoms. The Bertz CT molecular complexity index is 309. The Kier molecular flexibility index (Phi) is 5.37. The van der Waals surface area contributed by atoms with Crippen molar-refractivity contribution >= 4 is 15.9 Å². The molecule has 0 bridgehead atoms. The van der Waals surface area contributed by atoms with Crippen LogP contribution in [-0.2, 0) is 11.8 Å². The molecular formula is C10H19BrN4O. The Labute approximate surface area is 105 Å². The standard InChI is InChI=1S/C10H19BrN4O/c1-7(6-16-4)5-8(12-2)9-10(11)13-14-15(9)3/h7-8,12H,5-6H2,1-4H3. The fourth-order valence-electron chi connectivity index (χ4n) is 1.83. The summed E-state index contributed by atoms with van der Waals surface area (Å²) < 4.78 is 7.75. The van der Waals surface area contributed by atoms with Crippen LogP contribution < -0.4 is 5.32 Å². The van der Waals surface area contributed by atoms with Crippen molar-refractivity contribution < 1.29 is 4.74 Å². The number of aryl methyl sites for hydroxylation is 1. The van der Waals surface area contributed by atoms with Gasteiger partial charge in [-0.2, -0.15) is 0 Å². The van der Waals surface area contributed by atoms with Gasteiger partial charge in [-0.05, 0) is 35.3 Å². The molecule has 1 N–H and O–H groups in total. The molecule has 1 aromatic heterocycles. The zero-order valence-electron chi connectivity index (χ0n) is 10.2. The van der Waals surface area contributed by atoms with E-state index in [1.807, 2.05) is 14.1 Å². The van der Waals surface area contributed by atoms with Gasteiger partial charge in [0.2, 0.25) is 0 Å². The van der Waals surface area contributed by atoms with E-state index in [-0.39, 0.29) is 6.04 Å². The summed E-state index contributed by atoms with van der Waals surface area (Å²) >= 11 is 3.42. The lowest BCUT2D eigenvalue weighted by Crippen LogP contribution is -2.23. The Balaban J connectivity index is 2.74. The van der Waals surface area contributed by atoms with Gasteiger partial charge in [0.15, 0.2) is 4.60 Å². The maximum atomic E-state index is 5.15. The smallest absolute Gasteiger partial charge is 0.153 e. The molecule has 2 unspecified atom stereocenters. The van der Waals surface area contributed by atoms with Crippen LogP contribution in [0.5, 0.6) is 0 Å². The van der Waals surface area contributed by atoms with E-state index in [0.717, 1.165) is 23.3 Å². The van der Waals surface area contributed by atoms with Crippen molar-refractivity contribution in [3.8, 4) is 0 Å². The van der Waals surface area contributed by atoms with Gasteiger partial charge in [0.1, 0.15) is 0 Å². The van der Waals surface area contributed by atoms with Crippen molar-refractivity contribution in [1.82, 2.24) is 20.3 Å². The minimum atomic E-state index is 0.236. The van der Waals surface area contributed by atoms with E-state index in [9.17, 15) is 0 Å². The normalized spacial score (nSPS) is 15.1. The highest BCUT2D eigenvalue weighted by Gasteiger charge is 2.20. The number of ether oxygens (including phenoxy) is 1. The Morgan fingerprint density at radius 2 is 2.25 bits per heavy atom. The zero-order chi connectivity index (χ0) is 12.1. The molecule has 2 atom stereocenters. The van der Waals surface area contributed by atoms with E-state index < -0.39 is 0 Å². The van der Waals surface area contributed by atoms with Crippen molar-refractivity contribution in [3.05, 3.63) is 10.3 Å². The summed E-state index contributed by atoms with van der Waals surface area (Å²) in [7, 11) is 5.58. The van der Waals surface area contributed by atoms with Crippen molar-refractivity contribution in [2.75, 3.05) is 20.8 Å². The van der Waals surface area contributed by atoms with Crippen LogP contribution in [0, 0.1) is 5.92 Å². The molecule has 0 fully saturated rings. The monoisotopic (exact) mass is 290 g/mol. The third-order valence-electron chi connectivity index (χ3n) is 2.59.